The lowest BCUT2D eigenvalue weighted by atomic mass is 9.52. The van der Waals surface area contributed by atoms with Crippen molar-refractivity contribution in [2.45, 2.75) is 51.0 Å². The van der Waals surface area contributed by atoms with Gasteiger partial charge in [0.25, 0.3) is 0 Å². The molecule has 1 aromatic heterocycles. The number of amides is 2. The maximum absolute atomic E-state index is 12.1. The van der Waals surface area contributed by atoms with Crippen LogP contribution in [-0.2, 0) is 6.54 Å². The van der Waals surface area contributed by atoms with Gasteiger partial charge in [-0.25, -0.2) is 9.78 Å². The summed E-state index contributed by atoms with van der Waals surface area (Å²) in [6, 6.07) is 2.33. The fraction of sp³-hybridized carbons (Fsp3) is 0.600. The Hall–Kier alpha value is -1.96. The molecule has 3 rings (SSSR count). The average molecular weight is 327 g/mol. The summed E-state index contributed by atoms with van der Waals surface area (Å²) in [5.41, 5.74) is 0.625. The number of nitrogens with zero attached hydrogens (tertiary/aromatic N) is 1. The van der Waals surface area contributed by atoms with Gasteiger partial charge in [-0.1, -0.05) is 6.42 Å². The first-order valence-corrected chi connectivity index (χ1v) is 7.61. The van der Waals surface area contributed by atoms with Crippen LogP contribution in [0.3, 0.4) is 0 Å². The van der Waals surface area contributed by atoms with Crippen LogP contribution in [0.2, 0.25) is 0 Å². The number of urea groups is 1. The number of rotatable bonds is 5. The van der Waals surface area contributed by atoms with E-state index in [9.17, 15) is 18.7 Å². The number of aliphatic hydroxyl groups excluding tert-OH is 1. The van der Waals surface area contributed by atoms with Crippen molar-refractivity contribution < 1.29 is 23.4 Å². The summed E-state index contributed by atoms with van der Waals surface area (Å²) < 4.78 is 28.4. The molecule has 0 aliphatic heterocycles. The summed E-state index contributed by atoms with van der Waals surface area (Å²) in [5.74, 6) is -0.193. The highest BCUT2D eigenvalue weighted by molar-refractivity contribution is 5.74. The van der Waals surface area contributed by atoms with Crippen molar-refractivity contribution in [3.8, 4) is 5.88 Å². The molecular weight excluding hydrogens is 308 g/mol. The number of carbonyl (C=O) groups is 1. The highest BCUT2D eigenvalue weighted by Gasteiger charge is 2.56. The third-order valence-electron chi connectivity index (χ3n) is 4.76. The van der Waals surface area contributed by atoms with Gasteiger partial charge in [0.1, 0.15) is 0 Å². The number of hydrogen-bond donors (Lipinski definition) is 3. The number of halogens is 2. The minimum atomic E-state index is -2.94. The number of carbonyl (C=O) groups excluding carboxylic acids is 1. The molecule has 23 heavy (non-hydrogen) atoms. The Morgan fingerprint density at radius 3 is 2.91 bits per heavy atom. The predicted octanol–water partition coefficient (Wildman–Crippen LogP) is 1.79. The van der Waals surface area contributed by atoms with Crippen LogP contribution in [0.4, 0.5) is 13.6 Å². The Balaban J connectivity index is 1.44. The number of aromatic nitrogens is 1. The summed E-state index contributed by atoms with van der Waals surface area (Å²) in [6.07, 6.45) is 4.86. The second-order valence-corrected chi connectivity index (χ2v) is 6.18. The largest absolute Gasteiger partial charge is 0.417 e. The fourth-order valence-corrected chi connectivity index (χ4v) is 3.32. The van der Waals surface area contributed by atoms with Crippen molar-refractivity contribution in [3.05, 3.63) is 23.9 Å². The van der Waals surface area contributed by atoms with Gasteiger partial charge in [-0.2, -0.15) is 8.78 Å². The van der Waals surface area contributed by atoms with E-state index in [1.54, 1.807) is 6.07 Å². The number of hydrogen-bond acceptors (Lipinski definition) is 4. The van der Waals surface area contributed by atoms with Crippen molar-refractivity contribution in [1.29, 1.82) is 0 Å². The van der Waals surface area contributed by atoms with Crippen LogP contribution in [0.5, 0.6) is 5.88 Å². The van der Waals surface area contributed by atoms with Gasteiger partial charge in [0.2, 0.25) is 5.88 Å². The highest BCUT2D eigenvalue weighted by Crippen LogP contribution is 2.55. The topological polar surface area (TPSA) is 83.5 Å². The SMILES string of the molecule is O=C(NCc1ccnc(OC(F)F)c1)N[C@H]1CC2(CCC2)[C@@H]1O. The van der Waals surface area contributed by atoms with Crippen molar-refractivity contribution >= 4 is 6.03 Å². The van der Waals surface area contributed by atoms with Crippen molar-refractivity contribution in [3.63, 3.8) is 0 Å². The van der Waals surface area contributed by atoms with Gasteiger partial charge in [0.15, 0.2) is 0 Å². The Morgan fingerprint density at radius 1 is 1.52 bits per heavy atom. The molecule has 2 aliphatic carbocycles. The number of aliphatic hydroxyl groups is 1. The Labute approximate surface area is 132 Å². The van der Waals surface area contributed by atoms with Crippen LogP contribution in [0, 0.1) is 5.41 Å². The quantitative estimate of drug-likeness (QED) is 0.770. The molecule has 2 amide bonds. The first-order valence-electron chi connectivity index (χ1n) is 7.61. The maximum atomic E-state index is 12.1. The summed E-state index contributed by atoms with van der Waals surface area (Å²) in [4.78, 5) is 15.5. The van der Waals surface area contributed by atoms with E-state index in [-0.39, 0.29) is 23.9 Å². The molecular formula is C15H19F2N3O3. The lowest BCUT2D eigenvalue weighted by Gasteiger charge is -2.58. The lowest BCUT2D eigenvalue weighted by molar-refractivity contribution is -0.138. The zero-order valence-corrected chi connectivity index (χ0v) is 12.5. The molecule has 0 unspecified atom stereocenters. The predicted molar refractivity (Wildman–Crippen MR) is 76.9 cm³/mol. The van der Waals surface area contributed by atoms with E-state index in [1.165, 1.54) is 12.3 Å². The first-order chi connectivity index (χ1) is 11.0. The van der Waals surface area contributed by atoms with Crippen LogP contribution >= 0.6 is 0 Å². The zero-order valence-electron chi connectivity index (χ0n) is 12.5. The molecule has 1 heterocycles. The first kappa shape index (κ1) is 15.9. The van der Waals surface area contributed by atoms with Gasteiger partial charge >= 0.3 is 12.6 Å². The van der Waals surface area contributed by atoms with Crippen LogP contribution in [-0.4, -0.2) is 34.9 Å². The molecule has 0 bridgehead atoms. The van der Waals surface area contributed by atoms with Crippen LogP contribution in [0.25, 0.3) is 0 Å². The molecule has 6 nitrogen and oxygen atoms in total. The van der Waals surface area contributed by atoms with E-state index >= 15 is 0 Å². The van der Waals surface area contributed by atoms with Crippen LogP contribution < -0.4 is 15.4 Å². The summed E-state index contributed by atoms with van der Waals surface area (Å²) in [6.45, 7) is -2.78. The van der Waals surface area contributed by atoms with Crippen molar-refractivity contribution in [2.75, 3.05) is 0 Å². The lowest BCUT2D eigenvalue weighted by Crippen LogP contribution is -2.66. The van der Waals surface area contributed by atoms with Crippen LogP contribution in [0.15, 0.2) is 18.3 Å². The Kier molecular flexibility index (Phi) is 4.34. The molecule has 1 spiro atoms. The third-order valence-corrected chi connectivity index (χ3v) is 4.76. The number of ether oxygens (including phenoxy) is 1. The van der Waals surface area contributed by atoms with Gasteiger partial charge in [-0.05, 0) is 30.9 Å². The molecule has 8 heteroatoms. The van der Waals surface area contributed by atoms with E-state index in [0.717, 1.165) is 25.7 Å². The molecule has 0 saturated heterocycles. The van der Waals surface area contributed by atoms with Gasteiger partial charge in [0.05, 0.1) is 12.1 Å². The fourth-order valence-electron chi connectivity index (χ4n) is 3.32. The maximum Gasteiger partial charge on any atom is 0.388 e. The van der Waals surface area contributed by atoms with Gasteiger partial charge in [0, 0.05) is 24.2 Å². The smallest absolute Gasteiger partial charge is 0.388 e. The molecule has 0 radical (unpaired) electrons. The van der Waals surface area contributed by atoms with E-state index in [2.05, 4.69) is 20.4 Å². The molecule has 3 N–H and O–H groups in total. The van der Waals surface area contributed by atoms with Crippen molar-refractivity contribution in [2.24, 2.45) is 5.41 Å². The van der Waals surface area contributed by atoms with E-state index in [0.29, 0.717) is 5.56 Å². The summed E-state index contributed by atoms with van der Waals surface area (Å²) in [5, 5.41) is 15.5. The van der Waals surface area contributed by atoms with Gasteiger partial charge in [-0.3, -0.25) is 0 Å². The highest BCUT2D eigenvalue weighted by atomic mass is 19.3. The molecule has 2 fully saturated rings. The van der Waals surface area contributed by atoms with Gasteiger partial charge in [-0.15, -0.1) is 0 Å². The number of nitrogens with one attached hydrogen (secondary N) is 2. The summed E-state index contributed by atoms with van der Waals surface area (Å²) in [7, 11) is 0. The number of pyridine rings is 1. The zero-order chi connectivity index (χ0) is 16.4. The van der Waals surface area contributed by atoms with E-state index < -0.39 is 18.7 Å². The van der Waals surface area contributed by atoms with Crippen LogP contribution in [0.1, 0.15) is 31.2 Å². The average Bonchev–Trinajstić information content (AvgIpc) is 2.46. The Morgan fingerprint density at radius 2 is 2.30 bits per heavy atom. The minimum absolute atomic E-state index is 0.0323. The molecule has 0 aromatic carbocycles. The van der Waals surface area contributed by atoms with E-state index in [1.807, 2.05) is 0 Å². The molecule has 1 aromatic rings. The molecule has 2 saturated carbocycles. The number of alkyl halides is 2. The van der Waals surface area contributed by atoms with Crippen molar-refractivity contribution in [1.82, 2.24) is 15.6 Å². The molecule has 2 aliphatic rings. The molecule has 2 atom stereocenters. The summed E-state index contributed by atoms with van der Waals surface area (Å²) >= 11 is 0. The molecule has 126 valence electrons. The second-order valence-electron chi connectivity index (χ2n) is 6.18. The minimum Gasteiger partial charge on any atom is -0.417 e. The van der Waals surface area contributed by atoms with Gasteiger partial charge < -0.3 is 20.5 Å². The second kappa shape index (κ2) is 6.27. The monoisotopic (exact) mass is 327 g/mol. The van der Waals surface area contributed by atoms with E-state index in [4.69, 9.17) is 0 Å². The Bertz CT molecular complexity index is 581. The third kappa shape index (κ3) is 3.36. The standard InChI is InChI=1S/C15H19F2N3O3/c16-13(17)23-11-6-9(2-5-18-11)8-19-14(22)20-10-7-15(12(10)21)3-1-4-15/h2,5-6,10,12-13,21H,1,3-4,7-8H2,(H2,19,20,22)/t10-,12+/m0/s1. The normalized spacial score (nSPS) is 24.7.